The number of rotatable bonds is 5. The summed E-state index contributed by atoms with van der Waals surface area (Å²) in [6, 6.07) is 13.0. The van der Waals surface area contributed by atoms with Crippen molar-refractivity contribution in [2.45, 2.75) is 29.8 Å². The van der Waals surface area contributed by atoms with Crippen molar-refractivity contribution in [1.29, 1.82) is 0 Å². The molecule has 1 fully saturated rings. The Morgan fingerprint density at radius 2 is 1.84 bits per heavy atom. The van der Waals surface area contributed by atoms with Gasteiger partial charge in [0.15, 0.2) is 0 Å². The molecule has 0 spiro atoms. The number of benzene rings is 2. The van der Waals surface area contributed by atoms with Crippen molar-refractivity contribution in [3.8, 4) is 0 Å². The van der Waals surface area contributed by atoms with Crippen LogP contribution in [0.25, 0.3) is 10.2 Å². The highest BCUT2D eigenvalue weighted by atomic mass is 32.2. The second-order valence-corrected chi connectivity index (χ2v) is 10.4. The van der Waals surface area contributed by atoms with E-state index in [4.69, 9.17) is 4.98 Å². The van der Waals surface area contributed by atoms with Crippen LogP contribution in [0, 0.1) is 0 Å². The maximum absolute atomic E-state index is 12.9. The number of hydrogen-bond acceptors (Lipinski definition) is 5. The molecule has 0 aliphatic carbocycles. The molecule has 1 aliphatic heterocycles. The fourth-order valence-electron chi connectivity index (χ4n) is 3.63. The minimum atomic E-state index is -4.67. The van der Waals surface area contributed by atoms with Gasteiger partial charge in [-0.2, -0.15) is 13.2 Å². The molecule has 0 unspecified atom stereocenters. The predicted molar refractivity (Wildman–Crippen MR) is 115 cm³/mol. The van der Waals surface area contributed by atoms with Crippen molar-refractivity contribution in [3.63, 3.8) is 0 Å². The van der Waals surface area contributed by atoms with Gasteiger partial charge in [0.2, 0.25) is 10.0 Å². The molecule has 32 heavy (non-hydrogen) atoms. The van der Waals surface area contributed by atoms with Crippen LogP contribution in [0.3, 0.4) is 0 Å². The Labute approximate surface area is 187 Å². The van der Waals surface area contributed by atoms with Crippen LogP contribution < -0.4 is 4.72 Å². The minimum Gasteiger partial charge on any atom is -0.339 e. The number of fused-ring (bicyclic) bond motifs is 1. The molecule has 0 radical (unpaired) electrons. The molecule has 0 atom stereocenters. The van der Waals surface area contributed by atoms with E-state index < -0.39 is 22.7 Å². The van der Waals surface area contributed by atoms with Gasteiger partial charge in [0.25, 0.3) is 5.91 Å². The van der Waals surface area contributed by atoms with E-state index in [0.717, 1.165) is 40.2 Å². The van der Waals surface area contributed by atoms with Crippen LogP contribution in [-0.4, -0.2) is 50.0 Å². The molecule has 1 N–H and O–H groups in total. The van der Waals surface area contributed by atoms with Crippen LogP contribution in [0.1, 0.15) is 34.1 Å². The van der Waals surface area contributed by atoms with E-state index in [1.807, 2.05) is 24.3 Å². The standard InChI is InChI=1S/C21H20F3N3O3S2/c22-21(23,24)13-25-32(29,30)16-5-3-4-15(12-16)20(28)27-10-8-14(9-11-27)19-26-17-6-1-2-7-18(17)31-19/h1-7,12,14,25H,8-11,13H2. The fraction of sp³-hybridized carbons (Fsp3) is 0.333. The lowest BCUT2D eigenvalue weighted by atomic mass is 9.97. The number of alkyl halides is 3. The summed E-state index contributed by atoms with van der Waals surface area (Å²) in [6.45, 7) is -0.696. The Hall–Kier alpha value is -2.50. The molecule has 0 bridgehead atoms. The number of carbonyl (C=O) groups excluding carboxylic acids is 1. The first-order valence-electron chi connectivity index (χ1n) is 9.94. The Balaban J connectivity index is 1.42. The summed E-state index contributed by atoms with van der Waals surface area (Å²) < 4.78 is 64.1. The largest absolute Gasteiger partial charge is 0.402 e. The van der Waals surface area contributed by atoms with Gasteiger partial charge < -0.3 is 4.90 Å². The van der Waals surface area contributed by atoms with Gasteiger partial charge in [-0.3, -0.25) is 4.79 Å². The zero-order valence-electron chi connectivity index (χ0n) is 16.8. The smallest absolute Gasteiger partial charge is 0.339 e. The summed E-state index contributed by atoms with van der Waals surface area (Å²) in [5.74, 6) is -0.102. The topological polar surface area (TPSA) is 79.4 Å². The first-order valence-corrected chi connectivity index (χ1v) is 12.2. The van der Waals surface area contributed by atoms with Crippen molar-refractivity contribution < 1.29 is 26.4 Å². The molecule has 1 aromatic heterocycles. The highest BCUT2D eigenvalue weighted by Crippen LogP contribution is 2.34. The Bertz CT molecular complexity index is 1200. The quantitative estimate of drug-likeness (QED) is 0.591. The first kappa shape index (κ1) is 22.7. The fourth-order valence-corrected chi connectivity index (χ4v) is 5.83. The lowest BCUT2D eigenvalue weighted by molar-refractivity contribution is -0.121. The molecule has 2 aromatic carbocycles. The lowest BCUT2D eigenvalue weighted by Crippen LogP contribution is -2.38. The number of nitrogens with zero attached hydrogens (tertiary/aromatic N) is 2. The number of nitrogens with one attached hydrogen (secondary N) is 1. The van der Waals surface area contributed by atoms with Gasteiger partial charge in [-0.1, -0.05) is 18.2 Å². The third-order valence-electron chi connectivity index (χ3n) is 5.30. The number of halogens is 3. The monoisotopic (exact) mass is 483 g/mol. The van der Waals surface area contributed by atoms with Crippen molar-refractivity contribution in [3.05, 3.63) is 59.1 Å². The zero-order chi connectivity index (χ0) is 22.9. The number of carbonyl (C=O) groups is 1. The van der Waals surface area contributed by atoms with Gasteiger partial charge >= 0.3 is 6.18 Å². The highest BCUT2D eigenvalue weighted by Gasteiger charge is 2.31. The SMILES string of the molecule is O=C(c1cccc(S(=O)(=O)NCC(F)(F)F)c1)N1CCC(c2nc3ccccc3s2)CC1. The van der Waals surface area contributed by atoms with Gasteiger partial charge in [0, 0.05) is 24.6 Å². The first-order chi connectivity index (χ1) is 15.1. The molecule has 2 heterocycles. The van der Waals surface area contributed by atoms with E-state index >= 15 is 0 Å². The molecule has 1 saturated heterocycles. The Kier molecular flexibility index (Phi) is 6.24. The van der Waals surface area contributed by atoms with Crippen LogP contribution >= 0.6 is 11.3 Å². The van der Waals surface area contributed by atoms with Gasteiger partial charge in [0.1, 0.15) is 6.54 Å². The summed E-state index contributed by atoms with van der Waals surface area (Å²) in [5, 5.41) is 1.04. The van der Waals surface area contributed by atoms with Crippen molar-refractivity contribution in [2.24, 2.45) is 0 Å². The van der Waals surface area contributed by atoms with Gasteiger partial charge in [-0.05, 0) is 43.2 Å². The van der Waals surface area contributed by atoms with Crippen LogP contribution in [0.15, 0.2) is 53.4 Å². The van der Waals surface area contributed by atoms with Gasteiger partial charge in [0.05, 0.1) is 20.1 Å². The summed E-state index contributed by atoms with van der Waals surface area (Å²) in [7, 11) is -4.39. The van der Waals surface area contributed by atoms with E-state index in [9.17, 15) is 26.4 Å². The molecular weight excluding hydrogens is 463 g/mol. The number of likely N-dealkylation sites (tertiary alicyclic amines) is 1. The maximum atomic E-state index is 12.9. The summed E-state index contributed by atoms with van der Waals surface area (Å²) in [6.07, 6.45) is -3.21. The third-order valence-corrected chi connectivity index (χ3v) is 7.89. The van der Waals surface area contributed by atoms with E-state index in [-0.39, 0.29) is 22.3 Å². The number of thiazole rings is 1. The Morgan fingerprint density at radius 1 is 1.12 bits per heavy atom. The van der Waals surface area contributed by atoms with Crippen molar-refractivity contribution in [1.82, 2.24) is 14.6 Å². The average Bonchev–Trinajstić information content (AvgIpc) is 3.21. The number of amides is 1. The van der Waals surface area contributed by atoms with E-state index in [0.29, 0.717) is 13.1 Å². The number of hydrogen-bond donors (Lipinski definition) is 1. The molecule has 1 aliphatic rings. The van der Waals surface area contributed by atoms with Crippen LogP contribution in [0.5, 0.6) is 0 Å². The van der Waals surface area contributed by atoms with Crippen molar-refractivity contribution in [2.75, 3.05) is 19.6 Å². The highest BCUT2D eigenvalue weighted by molar-refractivity contribution is 7.89. The molecule has 3 aromatic rings. The minimum absolute atomic E-state index is 0.123. The molecule has 0 saturated carbocycles. The summed E-state index contributed by atoms with van der Waals surface area (Å²) in [5.41, 5.74) is 1.08. The number of sulfonamides is 1. The molecular formula is C21H20F3N3O3S2. The van der Waals surface area contributed by atoms with E-state index in [2.05, 4.69) is 0 Å². The maximum Gasteiger partial charge on any atom is 0.402 e. The molecule has 1 amide bonds. The van der Waals surface area contributed by atoms with Crippen molar-refractivity contribution >= 4 is 37.5 Å². The van der Waals surface area contributed by atoms with E-state index in [1.165, 1.54) is 16.9 Å². The molecule has 11 heteroatoms. The zero-order valence-corrected chi connectivity index (χ0v) is 18.4. The predicted octanol–water partition coefficient (Wildman–Crippen LogP) is 4.16. The van der Waals surface area contributed by atoms with Crippen LogP contribution in [0.4, 0.5) is 13.2 Å². The van der Waals surface area contributed by atoms with Gasteiger partial charge in [-0.25, -0.2) is 18.1 Å². The number of piperidine rings is 1. The van der Waals surface area contributed by atoms with E-state index in [1.54, 1.807) is 16.2 Å². The second-order valence-electron chi connectivity index (χ2n) is 7.55. The summed E-state index contributed by atoms with van der Waals surface area (Å²) in [4.78, 5) is 18.9. The molecule has 6 nitrogen and oxygen atoms in total. The number of para-hydroxylation sites is 1. The summed E-state index contributed by atoms with van der Waals surface area (Å²) >= 11 is 1.65. The van der Waals surface area contributed by atoms with Crippen LogP contribution in [-0.2, 0) is 10.0 Å². The lowest BCUT2D eigenvalue weighted by Gasteiger charge is -2.31. The third kappa shape index (κ3) is 5.11. The van der Waals surface area contributed by atoms with Crippen LogP contribution in [0.2, 0.25) is 0 Å². The molecule has 4 rings (SSSR count). The Morgan fingerprint density at radius 3 is 2.53 bits per heavy atom. The molecule has 170 valence electrons. The average molecular weight is 484 g/mol. The second kappa shape index (κ2) is 8.80. The number of aromatic nitrogens is 1. The normalized spacial score (nSPS) is 15.9. The van der Waals surface area contributed by atoms with Gasteiger partial charge in [-0.15, -0.1) is 11.3 Å².